The monoisotopic (exact) mass is 298 g/mol. The third kappa shape index (κ3) is 4.41. The van der Waals surface area contributed by atoms with Gasteiger partial charge in [-0.25, -0.2) is 0 Å². The standard InChI is InChI=1S/C15H26N2O4/c1-11(10-19-3)17(6-7-18-2)13-9-15(21-5)14(20-4)8-12(13)16/h8-9,11H,6-7,10,16H2,1-5H3. The number of hydrogen-bond acceptors (Lipinski definition) is 6. The molecule has 0 amide bonds. The topological polar surface area (TPSA) is 66.2 Å². The zero-order valence-corrected chi connectivity index (χ0v) is 13.5. The van der Waals surface area contributed by atoms with Crippen LogP contribution in [0.4, 0.5) is 11.4 Å². The predicted octanol–water partition coefficient (Wildman–Crippen LogP) is 1.77. The summed E-state index contributed by atoms with van der Waals surface area (Å²) in [6.07, 6.45) is 0. The summed E-state index contributed by atoms with van der Waals surface area (Å²) < 4.78 is 21.1. The van der Waals surface area contributed by atoms with Crippen LogP contribution in [0.1, 0.15) is 6.92 Å². The molecule has 0 bridgehead atoms. The van der Waals surface area contributed by atoms with Gasteiger partial charge in [-0.2, -0.15) is 0 Å². The summed E-state index contributed by atoms with van der Waals surface area (Å²) in [5.41, 5.74) is 7.68. The van der Waals surface area contributed by atoms with Gasteiger partial charge in [-0.15, -0.1) is 0 Å². The fourth-order valence-electron chi connectivity index (χ4n) is 2.23. The van der Waals surface area contributed by atoms with Gasteiger partial charge in [0.05, 0.1) is 38.8 Å². The number of hydrogen-bond donors (Lipinski definition) is 1. The maximum absolute atomic E-state index is 6.17. The van der Waals surface area contributed by atoms with Crippen molar-refractivity contribution in [1.82, 2.24) is 0 Å². The van der Waals surface area contributed by atoms with Crippen LogP contribution in [0.5, 0.6) is 11.5 Å². The second kappa shape index (κ2) is 8.59. The number of anilines is 2. The molecular formula is C15H26N2O4. The lowest BCUT2D eigenvalue weighted by molar-refractivity contribution is 0.171. The molecule has 1 unspecified atom stereocenters. The summed E-state index contributed by atoms with van der Waals surface area (Å²) >= 11 is 0. The lowest BCUT2D eigenvalue weighted by atomic mass is 10.1. The molecule has 0 spiro atoms. The molecule has 0 saturated carbocycles. The molecule has 1 atom stereocenters. The van der Waals surface area contributed by atoms with Gasteiger partial charge in [-0.3, -0.25) is 0 Å². The summed E-state index contributed by atoms with van der Waals surface area (Å²) in [5.74, 6) is 1.26. The second-order valence-corrected chi connectivity index (χ2v) is 4.76. The van der Waals surface area contributed by atoms with E-state index < -0.39 is 0 Å². The number of benzene rings is 1. The van der Waals surface area contributed by atoms with Crippen molar-refractivity contribution in [2.75, 3.05) is 58.8 Å². The number of methoxy groups -OCH3 is 4. The van der Waals surface area contributed by atoms with Gasteiger partial charge >= 0.3 is 0 Å². The van der Waals surface area contributed by atoms with E-state index in [1.165, 1.54) is 0 Å². The Morgan fingerprint density at radius 1 is 1.05 bits per heavy atom. The van der Waals surface area contributed by atoms with Crippen LogP contribution in [-0.2, 0) is 9.47 Å². The Balaban J connectivity index is 3.16. The van der Waals surface area contributed by atoms with E-state index in [4.69, 9.17) is 24.7 Å². The molecule has 0 saturated heterocycles. The molecule has 1 aromatic carbocycles. The highest BCUT2D eigenvalue weighted by atomic mass is 16.5. The zero-order chi connectivity index (χ0) is 15.8. The van der Waals surface area contributed by atoms with Crippen LogP contribution < -0.4 is 20.1 Å². The van der Waals surface area contributed by atoms with E-state index in [0.29, 0.717) is 36.9 Å². The van der Waals surface area contributed by atoms with Crippen LogP contribution in [0.3, 0.4) is 0 Å². The van der Waals surface area contributed by atoms with E-state index in [2.05, 4.69) is 11.8 Å². The molecule has 6 heteroatoms. The summed E-state index contributed by atoms with van der Waals surface area (Å²) in [5, 5.41) is 0. The number of nitrogens with zero attached hydrogens (tertiary/aromatic N) is 1. The van der Waals surface area contributed by atoms with Crippen molar-refractivity contribution in [1.29, 1.82) is 0 Å². The average Bonchev–Trinajstić information content (AvgIpc) is 2.48. The molecule has 1 aromatic rings. The maximum atomic E-state index is 6.17. The van der Waals surface area contributed by atoms with E-state index in [1.807, 2.05) is 6.07 Å². The second-order valence-electron chi connectivity index (χ2n) is 4.76. The first-order valence-electron chi connectivity index (χ1n) is 6.85. The quantitative estimate of drug-likeness (QED) is 0.701. The summed E-state index contributed by atoms with van der Waals surface area (Å²) in [4.78, 5) is 2.14. The first-order chi connectivity index (χ1) is 10.1. The zero-order valence-electron chi connectivity index (χ0n) is 13.5. The van der Waals surface area contributed by atoms with Gasteiger partial charge < -0.3 is 29.6 Å². The van der Waals surface area contributed by atoms with Crippen LogP contribution >= 0.6 is 0 Å². The largest absolute Gasteiger partial charge is 0.493 e. The lowest BCUT2D eigenvalue weighted by Gasteiger charge is -2.32. The van der Waals surface area contributed by atoms with Crippen molar-refractivity contribution in [2.24, 2.45) is 0 Å². The van der Waals surface area contributed by atoms with Crippen LogP contribution in [-0.4, -0.2) is 54.2 Å². The van der Waals surface area contributed by atoms with E-state index >= 15 is 0 Å². The molecule has 1 rings (SSSR count). The predicted molar refractivity (Wildman–Crippen MR) is 84.5 cm³/mol. The molecule has 0 radical (unpaired) electrons. The highest BCUT2D eigenvalue weighted by Crippen LogP contribution is 2.37. The Labute approximate surface area is 126 Å². The lowest BCUT2D eigenvalue weighted by Crippen LogP contribution is -2.39. The van der Waals surface area contributed by atoms with Crippen molar-refractivity contribution < 1.29 is 18.9 Å². The van der Waals surface area contributed by atoms with Crippen LogP contribution in [0.25, 0.3) is 0 Å². The molecule has 0 aliphatic rings. The highest BCUT2D eigenvalue weighted by Gasteiger charge is 2.19. The average molecular weight is 298 g/mol. The molecule has 21 heavy (non-hydrogen) atoms. The number of nitrogen functional groups attached to an aromatic ring is 1. The van der Waals surface area contributed by atoms with Crippen molar-refractivity contribution in [3.63, 3.8) is 0 Å². The van der Waals surface area contributed by atoms with E-state index in [0.717, 1.165) is 5.69 Å². The van der Waals surface area contributed by atoms with Gasteiger partial charge in [0.15, 0.2) is 11.5 Å². The first kappa shape index (κ1) is 17.4. The van der Waals surface area contributed by atoms with Gasteiger partial charge in [0.2, 0.25) is 0 Å². The summed E-state index contributed by atoms with van der Waals surface area (Å²) in [6.45, 7) is 3.98. The van der Waals surface area contributed by atoms with Crippen LogP contribution in [0.15, 0.2) is 12.1 Å². The molecule has 0 fully saturated rings. The number of nitrogens with two attached hydrogens (primary N) is 1. The molecule has 120 valence electrons. The molecule has 2 N–H and O–H groups in total. The molecule has 6 nitrogen and oxygen atoms in total. The van der Waals surface area contributed by atoms with E-state index in [-0.39, 0.29) is 6.04 Å². The van der Waals surface area contributed by atoms with Gasteiger partial charge in [-0.05, 0) is 6.92 Å². The Kier molecular flexibility index (Phi) is 7.11. The Morgan fingerprint density at radius 2 is 1.67 bits per heavy atom. The third-order valence-corrected chi connectivity index (χ3v) is 3.32. The summed E-state index contributed by atoms with van der Waals surface area (Å²) in [7, 11) is 6.56. The minimum absolute atomic E-state index is 0.158. The first-order valence-corrected chi connectivity index (χ1v) is 6.85. The number of rotatable bonds is 9. The van der Waals surface area contributed by atoms with E-state index in [1.54, 1.807) is 34.5 Å². The maximum Gasteiger partial charge on any atom is 0.162 e. The molecule has 0 aliphatic carbocycles. The van der Waals surface area contributed by atoms with Crippen molar-refractivity contribution in [3.05, 3.63) is 12.1 Å². The highest BCUT2D eigenvalue weighted by molar-refractivity contribution is 5.73. The van der Waals surface area contributed by atoms with Gasteiger partial charge in [0.25, 0.3) is 0 Å². The van der Waals surface area contributed by atoms with Gasteiger partial charge in [0, 0.05) is 38.9 Å². The van der Waals surface area contributed by atoms with E-state index in [9.17, 15) is 0 Å². The van der Waals surface area contributed by atoms with Crippen molar-refractivity contribution in [3.8, 4) is 11.5 Å². The molecular weight excluding hydrogens is 272 g/mol. The third-order valence-electron chi connectivity index (χ3n) is 3.32. The van der Waals surface area contributed by atoms with Crippen LogP contribution in [0.2, 0.25) is 0 Å². The fourth-order valence-corrected chi connectivity index (χ4v) is 2.23. The molecule has 0 heterocycles. The minimum Gasteiger partial charge on any atom is -0.493 e. The molecule has 0 aromatic heterocycles. The Morgan fingerprint density at radius 3 is 2.19 bits per heavy atom. The fraction of sp³-hybridized carbons (Fsp3) is 0.600. The van der Waals surface area contributed by atoms with Crippen molar-refractivity contribution in [2.45, 2.75) is 13.0 Å². The Bertz CT molecular complexity index is 440. The van der Waals surface area contributed by atoms with Gasteiger partial charge in [0.1, 0.15) is 0 Å². The smallest absolute Gasteiger partial charge is 0.162 e. The van der Waals surface area contributed by atoms with Crippen molar-refractivity contribution >= 4 is 11.4 Å². The Hall–Kier alpha value is -1.66. The SMILES string of the molecule is COCCN(c1cc(OC)c(OC)cc1N)C(C)COC. The van der Waals surface area contributed by atoms with Crippen LogP contribution in [0, 0.1) is 0 Å². The molecule has 0 aliphatic heterocycles. The van der Waals surface area contributed by atoms with Gasteiger partial charge in [-0.1, -0.05) is 0 Å². The summed E-state index contributed by atoms with van der Waals surface area (Å²) in [6, 6.07) is 3.81. The normalized spacial score (nSPS) is 12.0. The minimum atomic E-state index is 0.158. The number of ether oxygens (including phenoxy) is 4.